The number of fused-ring (bicyclic) bond motifs is 1. The van der Waals surface area contributed by atoms with E-state index in [1.807, 2.05) is 25.3 Å². The third-order valence-corrected chi connectivity index (χ3v) is 8.58. The Kier molecular flexibility index (Phi) is 5.48. The number of hydrogen-bond donors (Lipinski definition) is 1. The normalized spacial score (nSPS) is 22.1. The fourth-order valence-corrected chi connectivity index (χ4v) is 6.38. The molecule has 9 heteroatoms. The highest BCUT2D eigenvalue weighted by Crippen LogP contribution is 2.60. The van der Waals surface area contributed by atoms with Crippen molar-refractivity contribution < 1.29 is 21.9 Å². The molecular formula is C25H29F2N3O3S. The number of halogens is 2. The van der Waals surface area contributed by atoms with Crippen molar-refractivity contribution in [3.05, 3.63) is 53.5 Å². The number of aromatic nitrogens is 2. The Balaban J connectivity index is 1.51. The molecule has 1 saturated heterocycles. The number of nitrogens with one attached hydrogen (secondary N) is 1. The summed E-state index contributed by atoms with van der Waals surface area (Å²) in [7, 11) is -1.72. The van der Waals surface area contributed by atoms with Crippen LogP contribution in [-0.2, 0) is 16.4 Å². The van der Waals surface area contributed by atoms with Crippen molar-refractivity contribution in [3.63, 3.8) is 0 Å². The molecule has 1 atom stereocenters. The molecule has 3 heterocycles. The van der Waals surface area contributed by atoms with Crippen LogP contribution in [0.25, 0.3) is 10.9 Å². The van der Waals surface area contributed by atoms with Crippen LogP contribution in [0.4, 0.5) is 8.78 Å². The fraction of sp³-hybridized carbons (Fsp3) is 0.480. The molecule has 1 aromatic carbocycles. The van der Waals surface area contributed by atoms with Crippen LogP contribution in [0.3, 0.4) is 0 Å². The molecular weight excluding hydrogens is 460 g/mol. The zero-order valence-corrected chi connectivity index (χ0v) is 20.4. The molecule has 5 rings (SSSR count). The lowest BCUT2D eigenvalue weighted by atomic mass is 9.59. The Bertz CT molecular complexity index is 1330. The molecule has 1 N–H and O–H groups in total. The summed E-state index contributed by atoms with van der Waals surface area (Å²) in [6, 6.07) is 7.14. The monoisotopic (exact) mass is 489 g/mol. The number of likely N-dealkylation sites (tertiary alicyclic amines) is 1. The summed E-state index contributed by atoms with van der Waals surface area (Å²) in [5.41, 5.74) is 3.48. The van der Waals surface area contributed by atoms with Gasteiger partial charge in [0.15, 0.2) is 9.84 Å². The Morgan fingerprint density at radius 2 is 2.03 bits per heavy atom. The molecule has 2 aliphatic rings. The zero-order valence-electron chi connectivity index (χ0n) is 19.6. The van der Waals surface area contributed by atoms with Gasteiger partial charge < -0.3 is 9.72 Å². The fourth-order valence-electron chi connectivity index (χ4n) is 5.82. The van der Waals surface area contributed by atoms with E-state index in [1.165, 1.54) is 6.20 Å². The molecule has 1 unspecified atom stereocenters. The maximum absolute atomic E-state index is 13.9. The van der Waals surface area contributed by atoms with Gasteiger partial charge in [0.05, 0.1) is 23.7 Å². The van der Waals surface area contributed by atoms with Gasteiger partial charge >= 0.3 is 0 Å². The van der Waals surface area contributed by atoms with E-state index >= 15 is 0 Å². The van der Waals surface area contributed by atoms with Crippen LogP contribution >= 0.6 is 0 Å². The van der Waals surface area contributed by atoms with E-state index in [-0.39, 0.29) is 23.8 Å². The molecule has 3 aromatic rings. The topological polar surface area (TPSA) is 75.3 Å². The van der Waals surface area contributed by atoms with Crippen LogP contribution in [-0.4, -0.2) is 49.1 Å². The first-order valence-electron chi connectivity index (χ1n) is 11.4. The first-order chi connectivity index (χ1) is 16.0. The van der Waals surface area contributed by atoms with E-state index in [2.05, 4.69) is 14.9 Å². The van der Waals surface area contributed by atoms with Gasteiger partial charge in [-0.2, -0.15) is 0 Å². The van der Waals surface area contributed by atoms with Crippen LogP contribution in [0.2, 0.25) is 0 Å². The number of pyridine rings is 1. The number of piperidine rings is 1. The molecule has 0 amide bonds. The Labute approximate surface area is 198 Å². The van der Waals surface area contributed by atoms with E-state index < -0.39 is 21.2 Å². The predicted octanol–water partition coefficient (Wildman–Crippen LogP) is 5.04. The third kappa shape index (κ3) is 4.09. The second kappa shape index (κ2) is 8.02. The average Bonchev–Trinajstić information content (AvgIpc) is 3.25. The first kappa shape index (κ1) is 23.2. The average molecular weight is 490 g/mol. The van der Waals surface area contributed by atoms with E-state index in [0.717, 1.165) is 34.0 Å². The SMILES string of the molecule is COc1cc(C)c2[nH]ccc2c1CN1CCC2(CC1c1ccc(S(C)(=O)=O)cn1)CC(F)(F)C2. The van der Waals surface area contributed by atoms with Gasteiger partial charge in [-0.15, -0.1) is 0 Å². The number of H-pyrrole nitrogens is 1. The molecule has 0 bridgehead atoms. The summed E-state index contributed by atoms with van der Waals surface area (Å²) in [6.07, 6.45) is 5.50. The van der Waals surface area contributed by atoms with Gasteiger partial charge in [0.25, 0.3) is 0 Å². The lowest BCUT2D eigenvalue weighted by molar-refractivity contribution is -0.186. The number of aryl methyl sites for hydroxylation is 1. The summed E-state index contributed by atoms with van der Waals surface area (Å²) < 4.78 is 57.3. The summed E-state index contributed by atoms with van der Waals surface area (Å²) in [5, 5.41) is 1.08. The molecule has 182 valence electrons. The molecule has 1 saturated carbocycles. The third-order valence-electron chi connectivity index (χ3n) is 7.49. The Morgan fingerprint density at radius 1 is 1.26 bits per heavy atom. The second-order valence-electron chi connectivity index (χ2n) is 9.98. The van der Waals surface area contributed by atoms with Gasteiger partial charge in [-0.05, 0) is 61.6 Å². The number of alkyl halides is 2. The summed E-state index contributed by atoms with van der Waals surface area (Å²) in [6.45, 7) is 3.26. The minimum absolute atomic E-state index is 0.0956. The molecule has 1 aliphatic heterocycles. The largest absolute Gasteiger partial charge is 0.496 e. The van der Waals surface area contributed by atoms with Crippen molar-refractivity contribution in [2.24, 2.45) is 5.41 Å². The van der Waals surface area contributed by atoms with Crippen LogP contribution in [0.15, 0.2) is 41.6 Å². The number of aromatic amines is 1. The predicted molar refractivity (Wildman–Crippen MR) is 126 cm³/mol. The van der Waals surface area contributed by atoms with Gasteiger partial charge in [0, 0.05) is 54.5 Å². The number of hydrogen-bond acceptors (Lipinski definition) is 5. The molecule has 2 fully saturated rings. The highest BCUT2D eigenvalue weighted by molar-refractivity contribution is 7.90. The van der Waals surface area contributed by atoms with Crippen molar-refractivity contribution in [3.8, 4) is 5.75 Å². The maximum Gasteiger partial charge on any atom is 0.249 e. The lowest BCUT2D eigenvalue weighted by Gasteiger charge is -2.54. The van der Waals surface area contributed by atoms with Crippen LogP contribution in [0, 0.1) is 12.3 Å². The first-order valence-corrected chi connectivity index (χ1v) is 13.3. The Hall–Kier alpha value is -2.52. The van der Waals surface area contributed by atoms with Crippen molar-refractivity contribution in [1.29, 1.82) is 0 Å². The highest BCUT2D eigenvalue weighted by atomic mass is 32.2. The summed E-state index contributed by atoms with van der Waals surface area (Å²) in [5.74, 6) is -1.81. The number of ether oxygens (including phenoxy) is 1. The number of rotatable bonds is 5. The molecule has 0 radical (unpaired) electrons. The van der Waals surface area contributed by atoms with Crippen molar-refractivity contribution in [2.75, 3.05) is 19.9 Å². The highest BCUT2D eigenvalue weighted by Gasteiger charge is 2.58. The minimum atomic E-state index is -3.37. The zero-order chi connectivity index (χ0) is 24.3. The summed E-state index contributed by atoms with van der Waals surface area (Å²) in [4.78, 5) is 10.2. The van der Waals surface area contributed by atoms with Gasteiger partial charge in [0.2, 0.25) is 5.92 Å². The van der Waals surface area contributed by atoms with E-state index in [9.17, 15) is 17.2 Å². The van der Waals surface area contributed by atoms with Crippen LogP contribution < -0.4 is 4.74 Å². The van der Waals surface area contributed by atoms with E-state index in [4.69, 9.17) is 4.74 Å². The molecule has 34 heavy (non-hydrogen) atoms. The van der Waals surface area contributed by atoms with Crippen molar-refractivity contribution >= 4 is 20.7 Å². The smallest absolute Gasteiger partial charge is 0.249 e. The van der Waals surface area contributed by atoms with Gasteiger partial charge in [-0.1, -0.05) is 0 Å². The standard InChI is InChI=1S/C25H29F2N3O3S/c1-16-10-22(33-2)19(18-6-8-28-23(16)18)13-30-9-7-24(14-25(26,27)15-24)11-21(30)20-5-4-17(12-29-20)34(3,31)32/h4-6,8,10,12,21,28H,7,9,11,13-15H2,1-3H3. The summed E-state index contributed by atoms with van der Waals surface area (Å²) >= 11 is 0. The van der Waals surface area contributed by atoms with E-state index in [1.54, 1.807) is 19.2 Å². The van der Waals surface area contributed by atoms with Crippen molar-refractivity contribution in [2.45, 2.75) is 56.0 Å². The van der Waals surface area contributed by atoms with E-state index in [0.29, 0.717) is 31.6 Å². The molecule has 1 spiro atoms. The minimum Gasteiger partial charge on any atom is -0.496 e. The lowest BCUT2D eigenvalue weighted by Crippen LogP contribution is -2.53. The van der Waals surface area contributed by atoms with Crippen molar-refractivity contribution in [1.82, 2.24) is 14.9 Å². The molecule has 1 aliphatic carbocycles. The van der Waals surface area contributed by atoms with Gasteiger partial charge in [0.1, 0.15) is 5.75 Å². The Morgan fingerprint density at radius 3 is 2.65 bits per heavy atom. The maximum atomic E-state index is 13.9. The number of benzene rings is 1. The van der Waals surface area contributed by atoms with Crippen LogP contribution in [0.1, 0.15) is 48.5 Å². The number of methoxy groups -OCH3 is 1. The second-order valence-corrected chi connectivity index (χ2v) is 12.0. The van der Waals surface area contributed by atoms with Crippen LogP contribution in [0.5, 0.6) is 5.75 Å². The number of nitrogens with zero attached hydrogens (tertiary/aromatic N) is 2. The number of sulfone groups is 1. The molecule has 6 nitrogen and oxygen atoms in total. The quantitative estimate of drug-likeness (QED) is 0.544. The van der Waals surface area contributed by atoms with Gasteiger partial charge in [-0.3, -0.25) is 9.88 Å². The molecule has 2 aromatic heterocycles. The van der Waals surface area contributed by atoms with Gasteiger partial charge in [-0.25, -0.2) is 17.2 Å².